The number of piperidine rings is 1. The van der Waals surface area contributed by atoms with Gasteiger partial charge in [-0.3, -0.25) is 10.0 Å². The molecule has 0 aromatic carbocycles. The zero-order valence-electron chi connectivity index (χ0n) is 12.6. The van der Waals surface area contributed by atoms with Crippen molar-refractivity contribution in [3.05, 3.63) is 35.1 Å². The molecule has 8 heteroatoms. The summed E-state index contributed by atoms with van der Waals surface area (Å²) < 4.78 is 0. The van der Waals surface area contributed by atoms with Crippen LogP contribution in [0.2, 0.25) is 5.02 Å². The Balaban J connectivity index is 1.61. The second-order valence-electron chi connectivity index (χ2n) is 5.72. The summed E-state index contributed by atoms with van der Waals surface area (Å²) in [5.74, 6) is 1.37. The molecule has 0 bridgehead atoms. The average molecular weight is 332 g/mol. The minimum atomic E-state index is 0.346. The first-order valence-electron chi connectivity index (χ1n) is 7.77. The molecule has 3 aliphatic heterocycles. The maximum Gasteiger partial charge on any atom is 0.161 e. The summed E-state index contributed by atoms with van der Waals surface area (Å²) in [6, 6.07) is 0.346. The lowest BCUT2D eigenvalue weighted by Gasteiger charge is -2.24. The first-order valence-corrected chi connectivity index (χ1v) is 8.15. The van der Waals surface area contributed by atoms with E-state index in [-0.39, 0.29) is 0 Å². The fraction of sp³-hybridized carbons (Fsp3) is 0.400. The van der Waals surface area contributed by atoms with Gasteiger partial charge >= 0.3 is 0 Å². The van der Waals surface area contributed by atoms with Crippen LogP contribution in [0.5, 0.6) is 0 Å². The van der Waals surface area contributed by atoms with Crippen molar-refractivity contribution in [2.45, 2.75) is 18.9 Å². The van der Waals surface area contributed by atoms with Crippen molar-refractivity contribution in [2.75, 3.05) is 25.0 Å². The van der Waals surface area contributed by atoms with E-state index in [1.807, 2.05) is 17.4 Å². The van der Waals surface area contributed by atoms with Crippen LogP contribution >= 0.6 is 11.6 Å². The molecule has 1 fully saturated rings. The van der Waals surface area contributed by atoms with Gasteiger partial charge in [0.2, 0.25) is 0 Å². The van der Waals surface area contributed by atoms with E-state index < -0.39 is 0 Å². The Morgan fingerprint density at radius 2 is 2.35 bits per heavy atom. The molecule has 4 rings (SSSR count). The normalized spacial score (nSPS) is 23.3. The number of halogens is 1. The van der Waals surface area contributed by atoms with Crippen LogP contribution in [0.25, 0.3) is 5.57 Å². The van der Waals surface area contributed by atoms with Gasteiger partial charge in [-0.15, -0.1) is 0 Å². The number of aliphatic imine (C=N–C) groups is 1. The first kappa shape index (κ1) is 14.6. The van der Waals surface area contributed by atoms with Crippen LogP contribution in [0.3, 0.4) is 0 Å². The number of fused-ring (bicyclic) bond motifs is 1. The van der Waals surface area contributed by atoms with Crippen molar-refractivity contribution in [3.8, 4) is 0 Å². The summed E-state index contributed by atoms with van der Waals surface area (Å²) >= 11 is 6.27. The van der Waals surface area contributed by atoms with E-state index in [1.54, 1.807) is 12.4 Å². The molecule has 0 amide bonds. The third-order valence-corrected chi connectivity index (χ3v) is 4.42. The third-order valence-electron chi connectivity index (χ3n) is 4.15. The lowest BCUT2D eigenvalue weighted by Crippen LogP contribution is -2.38. The topological polar surface area (TPSA) is 77.5 Å². The molecular formula is C15H18ClN7. The number of aromatic nitrogens is 2. The van der Waals surface area contributed by atoms with E-state index in [1.165, 1.54) is 0 Å². The number of anilines is 1. The molecule has 3 aliphatic rings. The van der Waals surface area contributed by atoms with Crippen molar-refractivity contribution in [1.82, 2.24) is 25.7 Å². The number of rotatable bonds is 3. The molecule has 23 heavy (non-hydrogen) atoms. The fourth-order valence-electron chi connectivity index (χ4n) is 2.95. The smallest absolute Gasteiger partial charge is 0.161 e. The predicted molar refractivity (Wildman–Crippen MR) is 91.0 cm³/mol. The molecule has 0 radical (unpaired) electrons. The molecule has 1 atom stereocenters. The summed E-state index contributed by atoms with van der Waals surface area (Å²) in [4.78, 5) is 13.2. The van der Waals surface area contributed by atoms with Crippen LogP contribution in [0, 0.1) is 0 Å². The first-order chi connectivity index (χ1) is 11.3. The Labute approximate surface area is 139 Å². The van der Waals surface area contributed by atoms with Gasteiger partial charge in [-0.1, -0.05) is 11.6 Å². The van der Waals surface area contributed by atoms with E-state index in [0.717, 1.165) is 37.2 Å². The zero-order chi connectivity index (χ0) is 15.6. The van der Waals surface area contributed by atoms with Crippen molar-refractivity contribution in [3.63, 3.8) is 0 Å². The van der Waals surface area contributed by atoms with Gasteiger partial charge in [-0.25, -0.2) is 15.4 Å². The van der Waals surface area contributed by atoms with Gasteiger partial charge < -0.3 is 10.6 Å². The van der Waals surface area contributed by atoms with Crippen LogP contribution in [0.15, 0.2) is 29.3 Å². The van der Waals surface area contributed by atoms with E-state index >= 15 is 0 Å². The summed E-state index contributed by atoms with van der Waals surface area (Å²) in [6.07, 6.45) is 9.36. The highest BCUT2D eigenvalue weighted by molar-refractivity contribution is 6.32. The molecule has 120 valence electrons. The van der Waals surface area contributed by atoms with E-state index in [4.69, 9.17) is 11.6 Å². The number of nitrogens with zero attached hydrogens (tertiary/aromatic N) is 4. The van der Waals surface area contributed by atoms with Crippen LogP contribution in [0.1, 0.15) is 18.7 Å². The van der Waals surface area contributed by atoms with Gasteiger partial charge in [0, 0.05) is 37.1 Å². The second-order valence-corrected chi connectivity index (χ2v) is 6.13. The number of hydrogen-bond donors (Lipinski definition) is 3. The van der Waals surface area contributed by atoms with E-state index in [0.29, 0.717) is 29.3 Å². The quantitative estimate of drug-likeness (QED) is 0.777. The molecule has 1 saturated heterocycles. The SMILES string of the molecule is Clc1cnc(C2=C3C=NC=CN3NC2)nc1NC1CCCNC1. The number of allylic oxidation sites excluding steroid dienone is 1. The van der Waals surface area contributed by atoms with Gasteiger partial charge in [0.05, 0.1) is 18.1 Å². The van der Waals surface area contributed by atoms with Crippen molar-refractivity contribution >= 4 is 29.2 Å². The third kappa shape index (κ3) is 2.95. The predicted octanol–water partition coefficient (Wildman–Crippen LogP) is 1.38. The number of hydrogen-bond acceptors (Lipinski definition) is 7. The fourth-order valence-corrected chi connectivity index (χ4v) is 3.10. The zero-order valence-corrected chi connectivity index (χ0v) is 13.3. The molecule has 1 aromatic heterocycles. The maximum atomic E-state index is 6.27. The minimum Gasteiger partial charge on any atom is -0.365 e. The molecule has 3 N–H and O–H groups in total. The van der Waals surface area contributed by atoms with Crippen molar-refractivity contribution in [2.24, 2.45) is 4.99 Å². The molecule has 1 aromatic rings. The van der Waals surface area contributed by atoms with Crippen LogP contribution in [-0.2, 0) is 0 Å². The van der Waals surface area contributed by atoms with Crippen molar-refractivity contribution < 1.29 is 0 Å². The summed E-state index contributed by atoms with van der Waals surface area (Å²) in [6.45, 7) is 2.67. The Morgan fingerprint density at radius 1 is 1.39 bits per heavy atom. The summed E-state index contributed by atoms with van der Waals surface area (Å²) in [5.41, 5.74) is 5.25. The minimum absolute atomic E-state index is 0.346. The largest absolute Gasteiger partial charge is 0.365 e. The molecule has 7 nitrogen and oxygen atoms in total. The van der Waals surface area contributed by atoms with Gasteiger partial charge in [0.1, 0.15) is 10.8 Å². The van der Waals surface area contributed by atoms with Gasteiger partial charge in [0.25, 0.3) is 0 Å². The van der Waals surface area contributed by atoms with Crippen LogP contribution < -0.4 is 16.1 Å². The van der Waals surface area contributed by atoms with Crippen molar-refractivity contribution in [1.29, 1.82) is 0 Å². The lowest BCUT2D eigenvalue weighted by molar-refractivity contribution is 0.401. The average Bonchev–Trinajstić information content (AvgIpc) is 3.02. The lowest BCUT2D eigenvalue weighted by atomic mass is 10.1. The maximum absolute atomic E-state index is 6.27. The molecular weight excluding hydrogens is 314 g/mol. The number of nitrogens with one attached hydrogen (secondary N) is 3. The monoisotopic (exact) mass is 331 g/mol. The van der Waals surface area contributed by atoms with Crippen LogP contribution in [0.4, 0.5) is 5.82 Å². The van der Waals surface area contributed by atoms with E-state index in [9.17, 15) is 0 Å². The highest BCUT2D eigenvalue weighted by atomic mass is 35.5. The highest BCUT2D eigenvalue weighted by Crippen LogP contribution is 2.27. The standard InChI is InChI=1S/C15H18ClN7/c16-12-8-19-14(11-7-20-23-5-4-18-9-13(11)23)22-15(12)21-10-2-1-3-17-6-10/h4-5,8-10,17,20H,1-3,6-7H2,(H,19,21,22). The van der Waals surface area contributed by atoms with Gasteiger partial charge in [0.15, 0.2) is 5.82 Å². The Hall–Kier alpha value is -1.96. The molecule has 1 unspecified atom stereocenters. The molecule has 0 aliphatic carbocycles. The number of hydrazine groups is 1. The van der Waals surface area contributed by atoms with Crippen LogP contribution in [-0.4, -0.2) is 46.9 Å². The Bertz CT molecular complexity index is 691. The molecule has 4 heterocycles. The summed E-state index contributed by atoms with van der Waals surface area (Å²) in [5, 5.41) is 9.29. The second kappa shape index (κ2) is 6.27. The van der Waals surface area contributed by atoms with E-state index in [2.05, 4.69) is 31.0 Å². The highest BCUT2D eigenvalue weighted by Gasteiger charge is 2.24. The molecule has 0 saturated carbocycles. The Morgan fingerprint density at radius 3 is 3.22 bits per heavy atom. The Kier molecular flexibility index (Phi) is 3.99. The van der Waals surface area contributed by atoms with Gasteiger partial charge in [-0.2, -0.15) is 0 Å². The summed E-state index contributed by atoms with van der Waals surface area (Å²) in [7, 11) is 0. The molecule has 0 spiro atoms. The van der Waals surface area contributed by atoms with Gasteiger partial charge in [-0.05, 0) is 19.4 Å².